The van der Waals surface area contributed by atoms with Crippen molar-refractivity contribution >= 4 is 24.9 Å². The lowest BCUT2D eigenvalue weighted by Crippen LogP contribution is -2.27. The maximum atomic E-state index is 10.00. The molecule has 0 aliphatic carbocycles. The average Bonchev–Trinajstić information content (AvgIpc) is 2.45. The summed E-state index contributed by atoms with van der Waals surface area (Å²) in [5, 5.41) is 12.3. The first-order valence-electron chi connectivity index (χ1n) is 7.07. The molecule has 106 valence electrons. The van der Waals surface area contributed by atoms with Crippen molar-refractivity contribution in [3.05, 3.63) is 48.0 Å². The van der Waals surface area contributed by atoms with Gasteiger partial charge in [-0.05, 0) is 38.5 Å². The zero-order valence-corrected chi connectivity index (χ0v) is 13.4. The van der Waals surface area contributed by atoms with Crippen LogP contribution in [0.3, 0.4) is 0 Å². The number of aromatic hydroxyl groups is 1. The Labute approximate surface area is 123 Å². The molecule has 0 heterocycles. The van der Waals surface area contributed by atoms with Crippen LogP contribution < -0.4 is 15.5 Å². The van der Waals surface area contributed by atoms with Crippen LogP contribution in [-0.4, -0.2) is 18.2 Å². The van der Waals surface area contributed by atoms with Gasteiger partial charge >= 0.3 is 0 Å². The lowest BCUT2D eigenvalue weighted by atomic mass is 10.2. The lowest BCUT2D eigenvalue weighted by molar-refractivity contribution is 0.480. The molecule has 2 rings (SSSR count). The molecular formula is C17H22NOP. The summed E-state index contributed by atoms with van der Waals surface area (Å²) < 4.78 is 0. The molecule has 0 bridgehead atoms. The third-order valence-electron chi connectivity index (χ3n) is 3.52. The fourth-order valence-electron chi connectivity index (χ4n) is 2.36. The number of hydrogen-bond donors (Lipinski definition) is 1. The van der Waals surface area contributed by atoms with E-state index in [0.29, 0.717) is 14.3 Å². The van der Waals surface area contributed by atoms with Crippen molar-refractivity contribution in [2.24, 2.45) is 0 Å². The summed E-state index contributed by atoms with van der Waals surface area (Å²) in [6.45, 7) is 8.50. The van der Waals surface area contributed by atoms with Crippen LogP contribution in [0.5, 0.6) is 5.75 Å². The van der Waals surface area contributed by atoms with Crippen LogP contribution in [-0.2, 0) is 0 Å². The molecule has 0 saturated carbocycles. The van der Waals surface area contributed by atoms with Gasteiger partial charge in [0.1, 0.15) is 5.75 Å². The molecule has 0 aromatic heterocycles. The zero-order valence-electron chi connectivity index (χ0n) is 12.4. The standard InChI is InChI=1S/C17H22NOP/c1-4-18(5-2)14-10-8-9-13(3)17(14)20-16-12-7-6-11-15(16)19/h6-12,19-20H,4-5H2,1-3H3. The van der Waals surface area contributed by atoms with E-state index in [1.165, 1.54) is 16.6 Å². The number of aryl methyl sites for hydroxylation is 1. The second kappa shape index (κ2) is 6.76. The minimum atomic E-state index is 0.389. The van der Waals surface area contributed by atoms with Crippen molar-refractivity contribution in [3.63, 3.8) is 0 Å². The lowest BCUT2D eigenvalue weighted by Gasteiger charge is -2.25. The highest BCUT2D eigenvalue weighted by Crippen LogP contribution is 2.26. The van der Waals surface area contributed by atoms with E-state index in [4.69, 9.17) is 0 Å². The Hall–Kier alpha value is -1.53. The largest absolute Gasteiger partial charge is 0.507 e. The first kappa shape index (κ1) is 14.9. The van der Waals surface area contributed by atoms with E-state index in [1.54, 1.807) is 6.07 Å². The fourth-order valence-corrected chi connectivity index (χ4v) is 3.67. The summed E-state index contributed by atoms with van der Waals surface area (Å²) in [5.74, 6) is 0.389. The highest BCUT2D eigenvalue weighted by molar-refractivity contribution is 7.56. The second-order valence-electron chi connectivity index (χ2n) is 4.78. The van der Waals surface area contributed by atoms with Crippen molar-refractivity contribution in [3.8, 4) is 5.75 Å². The quantitative estimate of drug-likeness (QED) is 0.854. The summed E-state index contributed by atoms with van der Waals surface area (Å²) in [6.07, 6.45) is 0. The van der Waals surface area contributed by atoms with Crippen molar-refractivity contribution in [2.75, 3.05) is 18.0 Å². The van der Waals surface area contributed by atoms with E-state index in [-0.39, 0.29) is 0 Å². The van der Waals surface area contributed by atoms with Gasteiger partial charge in [-0.15, -0.1) is 0 Å². The van der Waals surface area contributed by atoms with Crippen LogP contribution in [0.4, 0.5) is 5.69 Å². The molecule has 1 N–H and O–H groups in total. The molecular weight excluding hydrogens is 265 g/mol. The van der Waals surface area contributed by atoms with Gasteiger partial charge in [-0.2, -0.15) is 0 Å². The molecule has 1 atom stereocenters. The highest BCUT2D eigenvalue weighted by atomic mass is 31.1. The van der Waals surface area contributed by atoms with E-state index < -0.39 is 0 Å². The van der Waals surface area contributed by atoms with E-state index >= 15 is 0 Å². The molecule has 0 aliphatic heterocycles. The number of hydrogen-bond acceptors (Lipinski definition) is 2. The number of anilines is 1. The number of benzene rings is 2. The van der Waals surface area contributed by atoms with Crippen molar-refractivity contribution in [1.29, 1.82) is 0 Å². The summed E-state index contributed by atoms with van der Waals surface area (Å²) in [6, 6.07) is 14.1. The van der Waals surface area contributed by atoms with Gasteiger partial charge in [0.15, 0.2) is 0 Å². The zero-order chi connectivity index (χ0) is 14.5. The van der Waals surface area contributed by atoms with Crippen LogP contribution >= 0.6 is 8.58 Å². The predicted molar refractivity (Wildman–Crippen MR) is 90.4 cm³/mol. The Morgan fingerprint density at radius 2 is 1.70 bits per heavy atom. The maximum absolute atomic E-state index is 10.00. The maximum Gasteiger partial charge on any atom is 0.123 e. The van der Waals surface area contributed by atoms with Crippen molar-refractivity contribution in [1.82, 2.24) is 0 Å². The molecule has 0 radical (unpaired) electrons. The number of phenolic OH excluding ortho intramolecular Hbond substituents is 1. The molecule has 20 heavy (non-hydrogen) atoms. The summed E-state index contributed by atoms with van der Waals surface area (Å²) in [7, 11) is 0.480. The Morgan fingerprint density at radius 3 is 2.35 bits per heavy atom. The number of rotatable bonds is 5. The van der Waals surface area contributed by atoms with Crippen LogP contribution in [0.15, 0.2) is 42.5 Å². The number of nitrogens with zero attached hydrogens (tertiary/aromatic N) is 1. The monoisotopic (exact) mass is 287 g/mol. The van der Waals surface area contributed by atoms with E-state index in [2.05, 4.69) is 43.9 Å². The average molecular weight is 287 g/mol. The van der Waals surface area contributed by atoms with Gasteiger partial charge in [0.25, 0.3) is 0 Å². The Bertz CT molecular complexity index is 579. The minimum absolute atomic E-state index is 0.389. The van der Waals surface area contributed by atoms with E-state index in [1.807, 2.05) is 18.2 Å². The third-order valence-corrected chi connectivity index (χ3v) is 5.11. The van der Waals surface area contributed by atoms with Crippen LogP contribution in [0, 0.1) is 6.92 Å². The van der Waals surface area contributed by atoms with E-state index in [9.17, 15) is 5.11 Å². The summed E-state index contributed by atoms with van der Waals surface area (Å²) >= 11 is 0. The van der Waals surface area contributed by atoms with Crippen molar-refractivity contribution in [2.45, 2.75) is 20.8 Å². The van der Waals surface area contributed by atoms with Gasteiger partial charge in [0.05, 0.1) is 0 Å². The van der Waals surface area contributed by atoms with Gasteiger partial charge < -0.3 is 10.0 Å². The van der Waals surface area contributed by atoms with Crippen LogP contribution in [0.25, 0.3) is 0 Å². The van der Waals surface area contributed by atoms with Gasteiger partial charge in [0.2, 0.25) is 0 Å². The second-order valence-corrected chi connectivity index (χ2v) is 6.07. The van der Waals surface area contributed by atoms with E-state index in [0.717, 1.165) is 18.4 Å². The third kappa shape index (κ3) is 3.13. The summed E-state index contributed by atoms with van der Waals surface area (Å²) in [5.41, 5.74) is 2.58. The van der Waals surface area contributed by atoms with Gasteiger partial charge in [0, 0.05) is 29.4 Å². The Kier molecular flexibility index (Phi) is 5.03. The molecule has 1 unspecified atom stereocenters. The summed E-state index contributed by atoms with van der Waals surface area (Å²) in [4.78, 5) is 2.37. The number of phenols is 1. The minimum Gasteiger partial charge on any atom is -0.507 e. The van der Waals surface area contributed by atoms with Gasteiger partial charge in [-0.1, -0.05) is 38.9 Å². The Morgan fingerprint density at radius 1 is 1.00 bits per heavy atom. The van der Waals surface area contributed by atoms with Crippen LogP contribution in [0.2, 0.25) is 0 Å². The number of para-hydroxylation sites is 1. The smallest absolute Gasteiger partial charge is 0.123 e. The topological polar surface area (TPSA) is 23.5 Å². The van der Waals surface area contributed by atoms with Gasteiger partial charge in [-0.3, -0.25) is 0 Å². The van der Waals surface area contributed by atoms with Gasteiger partial charge in [-0.25, -0.2) is 0 Å². The first-order valence-corrected chi connectivity index (χ1v) is 8.07. The first-order chi connectivity index (χ1) is 9.67. The molecule has 2 nitrogen and oxygen atoms in total. The molecule has 0 spiro atoms. The van der Waals surface area contributed by atoms with Crippen LogP contribution in [0.1, 0.15) is 19.4 Å². The highest BCUT2D eigenvalue weighted by Gasteiger charge is 2.12. The molecule has 2 aromatic carbocycles. The molecule has 3 heteroatoms. The molecule has 0 saturated heterocycles. The molecule has 0 fully saturated rings. The van der Waals surface area contributed by atoms with Crippen molar-refractivity contribution < 1.29 is 5.11 Å². The fraction of sp³-hybridized carbons (Fsp3) is 0.294. The molecule has 0 amide bonds. The normalized spacial score (nSPS) is 11.2. The SMILES string of the molecule is CCN(CC)c1cccc(C)c1Pc1ccccc1O. The molecule has 2 aromatic rings. The Balaban J connectivity index is 2.43. The predicted octanol–water partition coefficient (Wildman–Crippen LogP) is 3.18. The molecule has 0 aliphatic rings.